The topological polar surface area (TPSA) is 48.9 Å². The van der Waals surface area contributed by atoms with Crippen molar-refractivity contribution in [2.24, 2.45) is 10.9 Å². The third kappa shape index (κ3) is 7.89. The first-order valence-electron chi connectivity index (χ1n) is 10.7. The molecule has 1 saturated carbocycles. The summed E-state index contributed by atoms with van der Waals surface area (Å²) in [4.78, 5) is 7.27. The van der Waals surface area contributed by atoms with Crippen LogP contribution in [0.3, 0.4) is 0 Å². The third-order valence-electron chi connectivity index (χ3n) is 5.23. The standard InChI is InChI=1S/C22H36N4O/c1-2-23-22(24-12-15-27-18-21-10-11-21)25-16-19-6-8-20(9-7-19)17-26-13-4-3-5-14-26/h6-9,21H,2-5,10-18H2,1H3,(H2,23,24,25). The highest BCUT2D eigenvalue weighted by atomic mass is 16.5. The van der Waals surface area contributed by atoms with Gasteiger partial charge >= 0.3 is 0 Å². The molecule has 27 heavy (non-hydrogen) atoms. The van der Waals surface area contributed by atoms with Crippen LogP contribution in [0, 0.1) is 5.92 Å². The Bertz CT molecular complexity index is 562. The number of rotatable bonds is 10. The van der Waals surface area contributed by atoms with Crippen molar-refractivity contribution >= 4 is 5.96 Å². The number of piperidine rings is 1. The van der Waals surface area contributed by atoms with Gasteiger partial charge in [0.1, 0.15) is 0 Å². The molecule has 1 saturated heterocycles. The van der Waals surface area contributed by atoms with E-state index in [1.54, 1.807) is 0 Å². The van der Waals surface area contributed by atoms with E-state index >= 15 is 0 Å². The molecule has 1 aliphatic carbocycles. The second-order valence-corrected chi connectivity index (χ2v) is 7.79. The normalized spacial score (nSPS) is 18.5. The number of hydrogen-bond acceptors (Lipinski definition) is 3. The van der Waals surface area contributed by atoms with Crippen LogP contribution in [0.5, 0.6) is 0 Å². The Morgan fingerprint density at radius 1 is 1.07 bits per heavy atom. The second-order valence-electron chi connectivity index (χ2n) is 7.79. The number of likely N-dealkylation sites (tertiary alicyclic amines) is 1. The van der Waals surface area contributed by atoms with Crippen molar-refractivity contribution in [3.8, 4) is 0 Å². The molecule has 1 heterocycles. The first kappa shape index (κ1) is 20.2. The van der Waals surface area contributed by atoms with Gasteiger partial charge in [-0.3, -0.25) is 4.90 Å². The van der Waals surface area contributed by atoms with Crippen LogP contribution in [0.1, 0.15) is 50.2 Å². The van der Waals surface area contributed by atoms with Crippen molar-refractivity contribution < 1.29 is 4.74 Å². The third-order valence-corrected chi connectivity index (χ3v) is 5.23. The maximum absolute atomic E-state index is 5.68. The molecule has 1 aromatic carbocycles. The van der Waals surface area contributed by atoms with Gasteiger partial charge in [-0.05, 0) is 62.7 Å². The minimum absolute atomic E-state index is 0.697. The van der Waals surface area contributed by atoms with Gasteiger partial charge in [0.25, 0.3) is 0 Å². The van der Waals surface area contributed by atoms with Gasteiger partial charge in [-0.15, -0.1) is 0 Å². The summed E-state index contributed by atoms with van der Waals surface area (Å²) in [5.74, 6) is 1.69. The smallest absolute Gasteiger partial charge is 0.191 e. The van der Waals surface area contributed by atoms with Crippen molar-refractivity contribution in [1.82, 2.24) is 15.5 Å². The summed E-state index contributed by atoms with van der Waals surface area (Å²) < 4.78 is 5.68. The van der Waals surface area contributed by atoms with E-state index in [4.69, 9.17) is 9.73 Å². The summed E-state index contributed by atoms with van der Waals surface area (Å²) in [6.45, 7) is 9.68. The average molecular weight is 373 g/mol. The first-order chi connectivity index (χ1) is 13.3. The maximum Gasteiger partial charge on any atom is 0.191 e. The molecule has 5 heteroatoms. The fourth-order valence-electron chi connectivity index (χ4n) is 3.41. The number of aliphatic imine (C=N–C) groups is 1. The Labute approximate surface area is 164 Å². The summed E-state index contributed by atoms with van der Waals surface area (Å²) in [5, 5.41) is 6.66. The Kier molecular flexibility index (Phi) is 8.43. The highest BCUT2D eigenvalue weighted by Gasteiger charge is 2.20. The SMILES string of the molecule is CCNC(=NCc1ccc(CN2CCCCC2)cc1)NCCOCC1CC1. The van der Waals surface area contributed by atoms with E-state index in [0.717, 1.165) is 44.7 Å². The van der Waals surface area contributed by atoms with Crippen LogP contribution in [0.4, 0.5) is 0 Å². The lowest BCUT2D eigenvalue weighted by Gasteiger charge is -2.26. The fraction of sp³-hybridized carbons (Fsp3) is 0.682. The largest absolute Gasteiger partial charge is 0.379 e. The predicted octanol–water partition coefficient (Wildman–Crippen LogP) is 3.15. The zero-order valence-corrected chi connectivity index (χ0v) is 16.9. The summed E-state index contributed by atoms with van der Waals surface area (Å²) in [7, 11) is 0. The lowest BCUT2D eigenvalue weighted by Crippen LogP contribution is -2.39. The van der Waals surface area contributed by atoms with E-state index in [1.165, 1.54) is 56.3 Å². The molecule has 5 nitrogen and oxygen atoms in total. The van der Waals surface area contributed by atoms with Crippen LogP contribution < -0.4 is 10.6 Å². The average Bonchev–Trinajstić information content (AvgIpc) is 3.52. The monoisotopic (exact) mass is 372 g/mol. The highest BCUT2D eigenvalue weighted by Crippen LogP contribution is 2.28. The van der Waals surface area contributed by atoms with Gasteiger partial charge in [0, 0.05) is 26.2 Å². The van der Waals surface area contributed by atoms with Crippen LogP contribution in [-0.4, -0.2) is 50.3 Å². The first-order valence-corrected chi connectivity index (χ1v) is 10.7. The molecule has 150 valence electrons. The molecule has 2 fully saturated rings. The minimum atomic E-state index is 0.697. The van der Waals surface area contributed by atoms with Crippen molar-refractivity contribution in [3.05, 3.63) is 35.4 Å². The Hall–Kier alpha value is -1.59. The van der Waals surface area contributed by atoms with E-state index in [1.807, 2.05) is 0 Å². The zero-order chi connectivity index (χ0) is 18.7. The molecule has 3 rings (SSSR count). The molecule has 0 bridgehead atoms. The minimum Gasteiger partial charge on any atom is -0.379 e. The molecule has 0 unspecified atom stereocenters. The molecule has 1 aromatic rings. The molecule has 2 aliphatic rings. The van der Waals surface area contributed by atoms with Crippen LogP contribution >= 0.6 is 0 Å². The van der Waals surface area contributed by atoms with Crippen molar-refractivity contribution in [1.29, 1.82) is 0 Å². The number of benzene rings is 1. The van der Waals surface area contributed by atoms with E-state index in [-0.39, 0.29) is 0 Å². The number of guanidine groups is 1. The molecular weight excluding hydrogens is 336 g/mol. The quantitative estimate of drug-likeness (QED) is 0.376. The van der Waals surface area contributed by atoms with Gasteiger partial charge in [-0.25, -0.2) is 4.99 Å². The summed E-state index contributed by atoms with van der Waals surface area (Å²) in [6.07, 6.45) is 6.77. The predicted molar refractivity (Wildman–Crippen MR) is 112 cm³/mol. The van der Waals surface area contributed by atoms with Gasteiger partial charge in [0.15, 0.2) is 5.96 Å². The molecular formula is C22H36N4O. The van der Waals surface area contributed by atoms with Crippen LogP contribution in [0.25, 0.3) is 0 Å². The highest BCUT2D eigenvalue weighted by molar-refractivity contribution is 5.79. The molecule has 1 aliphatic heterocycles. The Balaban J connectivity index is 1.40. The van der Waals surface area contributed by atoms with Crippen molar-refractivity contribution in [3.63, 3.8) is 0 Å². The van der Waals surface area contributed by atoms with Crippen LogP contribution in [0.15, 0.2) is 29.3 Å². The maximum atomic E-state index is 5.68. The Morgan fingerprint density at radius 2 is 1.81 bits per heavy atom. The molecule has 0 atom stereocenters. The zero-order valence-electron chi connectivity index (χ0n) is 16.9. The number of nitrogens with zero attached hydrogens (tertiary/aromatic N) is 2. The molecule has 0 spiro atoms. The lowest BCUT2D eigenvalue weighted by atomic mass is 10.1. The van der Waals surface area contributed by atoms with Gasteiger partial charge in [-0.2, -0.15) is 0 Å². The molecule has 0 aromatic heterocycles. The van der Waals surface area contributed by atoms with Gasteiger partial charge in [-0.1, -0.05) is 30.7 Å². The number of nitrogens with one attached hydrogen (secondary N) is 2. The fourth-order valence-corrected chi connectivity index (χ4v) is 3.41. The second kappa shape index (κ2) is 11.3. The summed E-state index contributed by atoms with van der Waals surface area (Å²) in [6, 6.07) is 8.94. The van der Waals surface area contributed by atoms with Crippen molar-refractivity contribution in [2.45, 2.75) is 52.1 Å². The van der Waals surface area contributed by atoms with Crippen LogP contribution in [-0.2, 0) is 17.8 Å². The Morgan fingerprint density at radius 3 is 2.52 bits per heavy atom. The molecule has 0 radical (unpaired) electrons. The summed E-state index contributed by atoms with van der Waals surface area (Å²) in [5.41, 5.74) is 2.65. The van der Waals surface area contributed by atoms with Gasteiger partial charge < -0.3 is 15.4 Å². The van der Waals surface area contributed by atoms with Crippen molar-refractivity contribution in [2.75, 3.05) is 39.4 Å². The van der Waals surface area contributed by atoms with Gasteiger partial charge in [0.2, 0.25) is 0 Å². The van der Waals surface area contributed by atoms with E-state index in [2.05, 4.69) is 46.7 Å². The van der Waals surface area contributed by atoms with Crippen LogP contribution in [0.2, 0.25) is 0 Å². The molecule has 2 N–H and O–H groups in total. The number of hydrogen-bond donors (Lipinski definition) is 2. The van der Waals surface area contributed by atoms with E-state index in [0.29, 0.717) is 6.54 Å². The van der Waals surface area contributed by atoms with Gasteiger partial charge in [0.05, 0.1) is 13.2 Å². The van der Waals surface area contributed by atoms with E-state index in [9.17, 15) is 0 Å². The van der Waals surface area contributed by atoms with E-state index < -0.39 is 0 Å². The lowest BCUT2D eigenvalue weighted by molar-refractivity contribution is 0.129. The number of ether oxygens (including phenoxy) is 1. The summed E-state index contributed by atoms with van der Waals surface area (Å²) >= 11 is 0. The molecule has 0 amide bonds.